The Balaban J connectivity index is 2.63. The van der Waals surface area contributed by atoms with Gasteiger partial charge >= 0.3 is 0 Å². The zero-order valence-corrected chi connectivity index (χ0v) is 5.07. The van der Waals surface area contributed by atoms with Gasteiger partial charge in [-0.25, -0.2) is 0 Å². The molecule has 0 atom stereocenters. The van der Waals surface area contributed by atoms with Gasteiger partial charge in [-0.1, -0.05) is 12.1 Å². The second-order valence-corrected chi connectivity index (χ2v) is 2.27. The highest BCUT2D eigenvalue weighted by molar-refractivity contribution is 6.17. The van der Waals surface area contributed by atoms with Crippen molar-refractivity contribution in [1.82, 2.24) is 0 Å². The molecule has 0 radical (unpaired) electrons. The molecule has 0 amide bonds. The standard InChI is InChI=1S/C7H5Cl/c8-4-6-3-5-1-2-7(5)6/h1-3H,4H2. The first-order valence-electron chi connectivity index (χ1n) is 2.61. The minimum Gasteiger partial charge on any atom is -0.122 e. The summed E-state index contributed by atoms with van der Waals surface area (Å²) in [7, 11) is 0. The van der Waals surface area contributed by atoms with E-state index in [9.17, 15) is 0 Å². The second-order valence-electron chi connectivity index (χ2n) is 2.01. The van der Waals surface area contributed by atoms with Gasteiger partial charge in [-0.05, 0) is 22.1 Å². The van der Waals surface area contributed by atoms with Gasteiger partial charge in [0.05, 0.1) is 0 Å². The predicted molar refractivity (Wildman–Crippen MR) is 33.7 cm³/mol. The molecule has 0 nitrogen and oxygen atoms in total. The maximum Gasteiger partial charge on any atom is 0.0480 e. The van der Waals surface area contributed by atoms with Crippen molar-refractivity contribution in [3.05, 3.63) is 34.2 Å². The lowest BCUT2D eigenvalue weighted by Crippen LogP contribution is -1.92. The summed E-state index contributed by atoms with van der Waals surface area (Å²) in [5.41, 5.74) is 1.30. The van der Waals surface area contributed by atoms with E-state index in [2.05, 4.69) is 18.2 Å². The van der Waals surface area contributed by atoms with Crippen molar-refractivity contribution in [2.75, 3.05) is 0 Å². The summed E-state index contributed by atoms with van der Waals surface area (Å²) < 4.78 is 0. The Morgan fingerprint density at radius 1 is 1.38 bits per heavy atom. The lowest BCUT2D eigenvalue weighted by molar-refractivity contribution is 1.23. The molecule has 0 aromatic heterocycles. The lowest BCUT2D eigenvalue weighted by atomic mass is 10.0. The maximum absolute atomic E-state index is 5.56. The molecule has 0 saturated heterocycles. The van der Waals surface area contributed by atoms with Gasteiger partial charge in [-0.3, -0.25) is 0 Å². The Morgan fingerprint density at radius 3 is 2.38 bits per heavy atom. The smallest absolute Gasteiger partial charge is 0.0480 e. The van der Waals surface area contributed by atoms with Crippen molar-refractivity contribution >= 4 is 11.6 Å². The first kappa shape index (κ1) is 4.39. The van der Waals surface area contributed by atoms with Gasteiger partial charge in [-0.15, -0.1) is 11.6 Å². The highest BCUT2D eigenvalue weighted by Crippen LogP contribution is 2.16. The molecular formula is C7H5Cl. The SMILES string of the molecule is ClCc1cc2ccc1=2. The van der Waals surface area contributed by atoms with Crippen molar-refractivity contribution < 1.29 is 0 Å². The average molecular weight is 125 g/mol. The van der Waals surface area contributed by atoms with E-state index >= 15 is 0 Å². The Hall–Kier alpha value is -0.490. The monoisotopic (exact) mass is 124 g/mol. The zero-order valence-electron chi connectivity index (χ0n) is 4.32. The van der Waals surface area contributed by atoms with Crippen LogP contribution in [0.3, 0.4) is 0 Å². The molecule has 1 heteroatoms. The molecule has 2 aliphatic rings. The van der Waals surface area contributed by atoms with E-state index in [1.54, 1.807) is 0 Å². The molecule has 2 aliphatic carbocycles. The van der Waals surface area contributed by atoms with Crippen molar-refractivity contribution in [3.63, 3.8) is 0 Å². The number of benzene rings is 1. The third-order valence-corrected chi connectivity index (χ3v) is 1.85. The first-order chi connectivity index (χ1) is 3.92. The van der Waals surface area contributed by atoms with Gasteiger partial charge in [0.1, 0.15) is 0 Å². The van der Waals surface area contributed by atoms with Crippen LogP contribution in [0.2, 0.25) is 0 Å². The molecule has 0 unspecified atom stereocenters. The molecule has 0 aromatic rings. The van der Waals surface area contributed by atoms with Crippen molar-refractivity contribution in [2.24, 2.45) is 0 Å². The van der Waals surface area contributed by atoms with Gasteiger partial charge in [0.15, 0.2) is 0 Å². The fraction of sp³-hybridized carbons (Fsp3) is 0.143. The van der Waals surface area contributed by atoms with Crippen LogP contribution in [-0.4, -0.2) is 0 Å². The van der Waals surface area contributed by atoms with E-state index < -0.39 is 0 Å². The van der Waals surface area contributed by atoms with Crippen LogP contribution in [0, 0.1) is 10.4 Å². The molecule has 0 heterocycles. The van der Waals surface area contributed by atoms with Crippen molar-refractivity contribution in [1.29, 1.82) is 0 Å². The summed E-state index contributed by atoms with van der Waals surface area (Å²) in [5.74, 6) is 0.670. The molecule has 2 rings (SSSR count). The van der Waals surface area contributed by atoms with Crippen LogP contribution in [0.5, 0.6) is 0 Å². The topological polar surface area (TPSA) is 0 Å². The van der Waals surface area contributed by atoms with Gasteiger partial charge in [0.2, 0.25) is 0 Å². The molecule has 0 bridgehead atoms. The van der Waals surface area contributed by atoms with E-state index in [0.29, 0.717) is 5.88 Å². The average Bonchev–Trinajstić information content (AvgIpc) is 1.76. The van der Waals surface area contributed by atoms with Crippen LogP contribution in [0.4, 0.5) is 0 Å². The van der Waals surface area contributed by atoms with Crippen LogP contribution in [-0.2, 0) is 5.88 Å². The van der Waals surface area contributed by atoms with Gasteiger partial charge in [0.25, 0.3) is 0 Å². The molecule has 0 aliphatic heterocycles. The molecule has 0 N–H and O–H groups in total. The quantitative estimate of drug-likeness (QED) is 0.511. The van der Waals surface area contributed by atoms with Crippen molar-refractivity contribution in [3.8, 4) is 0 Å². The minimum atomic E-state index is 0.670. The summed E-state index contributed by atoms with van der Waals surface area (Å²) in [4.78, 5) is 0. The van der Waals surface area contributed by atoms with E-state index in [1.165, 1.54) is 16.0 Å². The van der Waals surface area contributed by atoms with E-state index in [4.69, 9.17) is 11.6 Å². The highest BCUT2D eigenvalue weighted by atomic mass is 35.5. The highest BCUT2D eigenvalue weighted by Gasteiger charge is 2.02. The fourth-order valence-electron chi connectivity index (χ4n) is 0.979. The summed E-state index contributed by atoms with van der Waals surface area (Å²) in [6, 6.07) is 6.33. The van der Waals surface area contributed by atoms with Crippen LogP contribution < -0.4 is 0 Å². The van der Waals surface area contributed by atoms with Gasteiger partial charge in [0, 0.05) is 5.88 Å². The van der Waals surface area contributed by atoms with Crippen LogP contribution >= 0.6 is 11.6 Å². The number of hydrogen-bond donors (Lipinski definition) is 0. The number of rotatable bonds is 1. The molecule has 40 valence electrons. The maximum atomic E-state index is 5.56. The van der Waals surface area contributed by atoms with Gasteiger partial charge < -0.3 is 0 Å². The van der Waals surface area contributed by atoms with E-state index in [-0.39, 0.29) is 0 Å². The third-order valence-electron chi connectivity index (χ3n) is 1.56. The Bertz CT molecular complexity index is 301. The molecule has 8 heavy (non-hydrogen) atoms. The predicted octanol–water partition coefficient (Wildman–Crippen LogP) is 2.03. The molecule has 0 fully saturated rings. The largest absolute Gasteiger partial charge is 0.122 e. The lowest BCUT2D eigenvalue weighted by Gasteiger charge is -2.06. The molecule has 0 saturated carbocycles. The third kappa shape index (κ3) is 0.327. The summed E-state index contributed by atoms with van der Waals surface area (Å²) >= 11 is 5.56. The normalized spacial score (nSPS) is 11.6. The van der Waals surface area contributed by atoms with Crippen LogP contribution in [0.1, 0.15) is 5.56 Å². The van der Waals surface area contributed by atoms with Crippen molar-refractivity contribution in [2.45, 2.75) is 5.88 Å². The van der Waals surface area contributed by atoms with E-state index in [1.807, 2.05) is 0 Å². The Morgan fingerprint density at radius 2 is 2.25 bits per heavy atom. The van der Waals surface area contributed by atoms with Gasteiger partial charge in [-0.2, -0.15) is 0 Å². The molecule has 0 aromatic carbocycles. The summed E-state index contributed by atoms with van der Waals surface area (Å²) in [5, 5.41) is 2.75. The first-order valence-corrected chi connectivity index (χ1v) is 3.14. The minimum absolute atomic E-state index is 0.670. The number of hydrogen-bond acceptors (Lipinski definition) is 0. The molecule has 0 spiro atoms. The van der Waals surface area contributed by atoms with Crippen LogP contribution in [0.25, 0.3) is 0 Å². The molecular weight excluding hydrogens is 120 g/mol. The Kier molecular flexibility index (Phi) is 0.694. The summed E-state index contributed by atoms with van der Waals surface area (Å²) in [6.45, 7) is 0. The van der Waals surface area contributed by atoms with Crippen LogP contribution in [0.15, 0.2) is 18.2 Å². The zero-order chi connectivity index (χ0) is 5.56. The Labute approximate surface area is 52.4 Å². The number of halogens is 1. The fourth-order valence-corrected chi connectivity index (χ4v) is 1.20. The second kappa shape index (κ2) is 1.26. The number of alkyl halides is 1. The summed E-state index contributed by atoms with van der Waals surface area (Å²) in [6.07, 6.45) is 0. The van der Waals surface area contributed by atoms with E-state index in [0.717, 1.165) is 0 Å².